The van der Waals surface area contributed by atoms with Gasteiger partial charge in [-0.25, -0.2) is 0 Å². The number of carbonyl (C=O) groups is 1. The minimum atomic E-state index is -0.0538. The first-order valence-electron chi connectivity index (χ1n) is 8.83. The van der Waals surface area contributed by atoms with Gasteiger partial charge in [-0.1, -0.05) is 77.9 Å². The van der Waals surface area contributed by atoms with Gasteiger partial charge >= 0.3 is 0 Å². The number of amides is 1. The molecule has 0 fully saturated rings. The predicted octanol–water partition coefficient (Wildman–Crippen LogP) is 4.62. The number of anilines is 1. The maximum atomic E-state index is 12.3. The normalized spacial score (nSPS) is 11.8. The standard InChI is InChI=1S/C23H24N2O/c1-17-8-12-20(13-9-17)23(19-6-4-3-5-7-19)24-16-22(26)25-21-14-10-18(2)11-15-21/h3-15,23-24H,16H2,1-2H3,(H,25,26)/t23-/m0/s1. The van der Waals surface area contributed by atoms with Crippen molar-refractivity contribution in [1.29, 1.82) is 0 Å². The Labute approximate surface area is 155 Å². The lowest BCUT2D eigenvalue weighted by Gasteiger charge is -2.20. The summed E-state index contributed by atoms with van der Waals surface area (Å²) in [5.74, 6) is -0.0538. The fourth-order valence-corrected chi connectivity index (χ4v) is 2.87. The summed E-state index contributed by atoms with van der Waals surface area (Å²) in [7, 11) is 0. The molecule has 0 bridgehead atoms. The Kier molecular flexibility index (Phi) is 5.82. The average molecular weight is 344 g/mol. The Morgan fingerprint density at radius 1 is 0.769 bits per heavy atom. The monoisotopic (exact) mass is 344 g/mol. The summed E-state index contributed by atoms with van der Waals surface area (Å²) >= 11 is 0. The van der Waals surface area contributed by atoms with Crippen LogP contribution in [0.4, 0.5) is 5.69 Å². The minimum absolute atomic E-state index is 0.0273. The van der Waals surface area contributed by atoms with Gasteiger partial charge in [-0.3, -0.25) is 10.1 Å². The van der Waals surface area contributed by atoms with Gasteiger partial charge in [-0.05, 0) is 37.1 Å². The Hall–Kier alpha value is -2.91. The molecule has 1 atom stereocenters. The van der Waals surface area contributed by atoms with E-state index in [1.807, 2.05) is 49.4 Å². The van der Waals surface area contributed by atoms with Gasteiger partial charge in [0.25, 0.3) is 0 Å². The summed E-state index contributed by atoms with van der Waals surface area (Å²) < 4.78 is 0. The maximum Gasteiger partial charge on any atom is 0.238 e. The van der Waals surface area contributed by atoms with E-state index in [-0.39, 0.29) is 18.5 Å². The van der Waals surface area contributed by atoms with Crippen molar-refractivity contribution in [2.45, 2.75) is 19.9 Å². The molecule has 0 aliphatic carbocycles. The molecule has 0 heterocycles. The van der Waals surface area contributed by atoms with Crippen LogP contribution in [-0.4, -0.2) is 12.5 Å². The molecule has 3 heteroatoms. The van der Waals surface area contributed by atoms with Crippen molar-refractivity contribution in [2.24, 2.45) is 0 Å². The van der Waals surface area contributed by atoms with Gasteiger partial charge in [-0.15, -0.1) is 0 Å². The predicted molar refractivity (Wildman–Crippen MR) is 107 cm³/mol. The van der Waals surface area contributed by atoms with E-state index in [1.54, 1.807) is 0 Å². The summed E-state index contributed by atoms with van der Waals surface area (Å²) in [5, 5.41) is 6.33. The smallest absolute Gasteiger partial charge is 0.238 e. The van der Waals surface area contributed by atoms with Gasteiger partial charge < -0.3 is 5.32 Å². The summed E-state index contributed by atoms with van der Waals surface area (Å²) in [4.78, 5) is 12.3. The molecular formula is C23H24N2O. The Balaban J connectivity index is 1.70. The second-order valence-electron chi connectivity index (χ2n) is 6.55. The largest absolute Gasteiger partial charge is 0.325 e. The molecule has 26 heavy (non-hydrogen) atoms. The van der Waals surface area contributed by atoms with E-state index in [9.17, 15) is 4.79 Å². The van der Waals surface area contributed by atoms with Crippen molar-refractivity contribution in [3.05, 3.63) is 101 Å². The molecule has 2 N–H and O–H groups in total. The molecule has 0 saturated carbocycles. The van der Waals surface area contributed by atoms with E-state index >= 15 is 0 Å². The van der Waals surface area contributed by atoms with Gasteiger partial charge in [0.05, 0.1) is 12.6 Å². The van der Waals surface area contributed by atoms with Crippen LogP contribution in [0, 0.1) is 13.8 Å². The molecular weight excluding hydrogens is 320 g/mol. The number of aryl methyl sites for hydroxylation is 2. The van der Waals surface area contributed by atoms with Crippen LogP contribution in [0.5, 0.6) is 0 Å². The number of benzene rings is 3. The molecule has 132 valence electrons. The van der Waals surface area contributed by atoms with Crippen molar-refractivity contribution >= 4 is 11.6 Å². The van der Waals surface area contributed by atoms with Crippen LogP contribution < -0.4 is 10.6 Å². The van der Waals surface area contributed by atoms with E-state index in [0.29, 0.717) is 0 Å². The third kappa shape index (κ3) is 4.80. The number of nitrogens with one attached hydrogen (secondary N) is 2. The minimum Gasteiger partial charge on any atom is -0.325 e. The molecule has 3 nitrogen and oxygen atoms in total. The summed E-state index contributed by atoms with van der Waals surface area (Å²) in [6, 6.07) is 26.4. The molecule has 0 aliphatic heterocycles. The first-order chi connectivity index (χ1) is 12.6. The third-order valence-electron chi connectivity index (χ3n) is 4.35. The number of rotatable bonds is 6. The maximum absolute atomic E-state index is 12.3. The molecule has 0 unspecified atom stereocenters. The average Bonchev–Trinajstić information content (AvgIpc) is 2.66. The topological polar surface area (TPSA) is 41.1 Å². The van der Waals surface area contributed by atoms with Crippen molar-refractivity contribution in [1.82, 2.24) is 5.32 Å². The SMILES string of the molecule is Cc1ccc(NC(=O)CN[C@@H](c2ccccc2)c2ccc(C)cc2)cc1. The molecule has 3 aromatic rings. The Bertz CT molecular complexity index is 840. The molecule has 3 aromatic carbocycles. The first kappa shape index (κ1) is 17.9. The first-order valence-corrected chi connectivity index (χ1v) is 8.83. The molecule has 0 aromatic heterocycles. The second-order valence-corrected chi connectivity index (χ2v) is 6.55. The highest BCUT2D eigenvalue weighted by molar-refractivity contribution is 5.92. The molecule has 0 spiro atoms. The van der Waals surface area contributed by atoms with Gasteiger partial charge in [0.2, 0.25) is 5.91 Å². The lowest BCUT2D eigenvalue weighted by molar-refractivity contribution is -0.115. The van der Waals surface area contributed by atoms with E-state index in [4.69, 9.17) is 0 Å². The van der Waals surface area contributed by atoms with Crippen molar-refractivity contribution < 1.29 is 4.79 Å². The zero-order valence-corrected chi connectivity index (χ0v) is 15.2. The highest BCUT2D eigenvalue weighted by Gasteiger charge is 2.15. The second kappa shape index (κ2) is 8.45. The lowest BCUT2D eigenvalue weighted by atomic mass is 9.98. The van der Waals surface area contributed by atoms with Crippen LogP contribution in [0.1, 0.15) is 28.3 Å². The van der Waals surface area contributed by atoms with Gasteiger partial charge in [0, 0.05) is 5.69 Å². The number of hydrogen-bond donors (Lipinski definition) is 2. The van der Waals surface area contributed by atoms with Crippen LogP contribution in [-0.2, 0) is 4.79 Å². The summed E-state index contributed by atoms with van der Waals surface area (Å²) in [6.07, 6.45) is 0. The van der Waals surface area contributed by atoms with Crippen molar-refractivity contribution in [2.75, 3.05) is 11.9 Å². The van der Waals surface area contributed by atoms with Gasteiger partial charge in [0.1, 0.15) is 0 Å². The van der Waals surface area contributed by atoms with Crippen LogP contribution in [0.15, 0.2) is 78.9 Å². The number of carbonyl (C=O) groups excluding carboxylic acids is 1. The van der Waals surface area contributed by atoms with Crippen LogP contribution in [0.2, 0.25) is 0 Å². The molecule has 0 aliphatic rings. The van der Waals surface area contributed by atoms with Crippen molar-refractivity contribution in [3.8, 4) is 0 Å². The lowest BCUT2D eigenvalue weighted by Crippen LogP contribution is -2.31. The molecule has 0 saturated heterocycles. The highest BCUT2D eigenvalue weighted by Crippen LogP contribution is 2.22. The molecule has 1 amide bonds. The van der Waals surface area contributed by atoms with Crippen molar-refractivity contribution in [3.63, 3.8) is 0 Å². The fraction of sp³-hybridized carbons (Fsp3) is 0.174. The number of hydrogen-bond acceptors (Lipinski definition) is 2. The zero-order chi connectivity index (χ0) is 18.4. The summed E-state index contributed by atoms with van der Waals surface area (Å²) in [6.45, 7) is 4.34. The van der Waals surface area contributed by atoms with E-state index < -0.39 is 0 Å². The van der Waals surface area contributed by atoms with Gasteiger partial charge in [0.15, 0.2) is 0 Å². The highest BCUT2D eigenvalue weighted by atomic mass is 16.1. The van der Waals surface area contributed by atoms with Crippen LogP contribution in [0.3, 0.4) is 0 Å². The molecule has 0 radical (unpaired) electrons. The van der Waals surface area contributed by atoms with E-state index in [1.165, 1.54) is 11.1 Å². The van der Waals surface area contributed by atoms with Crippen LogP contribution in [0.25, 0.3) is 0 Å². The Morgan fingerprint density at radius 3 is 1.92 bits per heavy atom. The third-order valence-corrected chi connectivity index (χ3v) is 4.35. The quantitative estimate of drug-likeness (QED) is 0.685. The summed E-state index contributed by atoms with van der Waals surface area (Å²) in [5.41, 5.74) is 5.49. The van der Waals surface area contributed by atoms with Crippen LogP contribution >= 0.6 is 0 Å². The zero-order valence-electron chi connectivity index (χ0n) is 15.2. The van der Waals surface area contributed by atoms with E-state index in [2.05, 4.69) is 54.0 Å². The molecule has 3 rings (SSSR count). The van der Waals surface area contributed by atoms with Gasteiger partial charge in [-0.2, -0.15) is 0 Å². The van der Waals surface area contributed by atoms with E-state index in [0.717, 1.165) is 16.8 Å². The fourth-order valence-electron chi connectivity index (χ4n) is 2.87. The Morgan fingerprint density at radius 2 is 1.31 bits per heavy atom.